The van der Waals surface area contributed by atoms with Crippen molar-refractivity contribution in [2.45, 2.75) is 39.3 Å². The van der Waals surface area contributed by atoms with Crippen LogP contribution >= 0.6 is 0 Å². The molecule has 1 rings (SSSR count). The maximum atomic E-state index is 5.78. The van der Waals surface area contributed by atoms with Gasteiger partial charge in [0.1, 0.15) is 5.75 Å². The summed E-state index contributed by atoms with van der Waals surface area (Å²) >= 11 is 0. The van der Waals surface area contributed by atoms with Crippen LogP contribution in [0.2, 0.25) is 0 Å². The van der Waals surface area contributed by atoms with Crippen molar-refractivity contribution in [3.8, 4) is 17.6 Å². The van der Waals surface area contributed by atoms with Gasteiger partial charge >= 0.3 is 0 Å². The Morgan fingerprint density at radius 3 is 2.19 bits per heavy atom. The van der Waals surface area contributed by atoms with Gasteiger partial charge in [0, 0.05) is 5.56 Å². The molecule has 2 nitrogen and oxygen atoms in total. The SMILES string of the molecule is CC(C)Oc1ccc(C#CC(C)(C)N)cc1. The first-order chi connectivity index (χ1) is 7.37. The van der Waals surface area contributed by atoms with Gasteiger partial charge in [0.05, 0.1) is 11.6 Å². The lowest BCUT2D eigenvalue weighted by molar-refractivity contribution is 0.242. The van der Waals surface area contributed by atoms with Crippen molar-refractivity contribution in [1.29, 1.82) is 0 Å². The largest absolute Gasteiger partial charge is 0.491 e. The molecule has 86 valence electrons. The molecule has 0 saturated carbocycles. The minimum atomic E-state index is -0.451. The van der Waals surface area contributed by atoms with Crippen molar-refractivity contribution in [1.82, 2.24) is 0 Å². The van der Waals surface area contributed by atoms with Gasteiger partial charge in [-0.05, 0) is 52.0 Å². The molecule has 0 aliphatic carbocycles. The van der Waals surface area contributed by atoms with Crippen LogP contribution in [-0.4, -0.2) is 11.6 Å². The van der Waals surface area contributed by atoms with E-state index in [4.69, 9.17) is 10.5 Å². The van der Waals surface area contributed by atoms with Crippen LogP contribution in [0.1, 0.15) is 33.3 Å². The minimum absolute atomic E-state index is 0.194. The molecule has 0 atom stereocenters. The van der Waals surface area contributed by atoms with Gasteiger partial charge in [0.2, 0.25) is 0 Å². The number of ether oxygens (including phenoxy) is 1. The molecule has 0 saturated heterocycles. The second-order valence-corrected chi connectivity index (χ2v) is 4.66. The molecule has 0 aromatic heterocycles. The molecule has 1 aromatic carbocycles. The number of hydrogen-bond donors (Lipinski definition) is 1. The van der Waals surface area contributed by atoms with Crippen molar-refractivity contribution in [3.05, 3.63) is 29.8 Å². The van der Waals surface area contributed by atoms with Crippen molar-refractivity contribution >= 4 is 0 Å². The summed E-state index contributed by atoms with van der Waals surface area (Å²) in [4.78, 5) is 0. The van der Waals surface area contributed by atoms with Gasteiger partial charge in [-0.2, -0.15) is 0 Å². The molecule has 2 N–H and O–H groups in total. The van der Waals surface area contributed by atoms with E-state index >= 15 is 0 Å². The predicted molar refractivity (Wildman–Crippen MR) is 67.4 cm³/mol. The Bertz CT molecular complexity index is 387. The zero-order chi connectivity index (χ0) is 12.2. The molecule has 0 spiro atoms. The minimum Gasteiger partial charge on any atom is -0.491 e. The summed E-state index contributed by atoms with van der Waals surface area (Å²) in [6, 6.07) is 7.73. The number of nitrogens with two attached hydrogens (primary N) is 1. The molecule has 0 aliphatic rings. The molecular formula is C14H19NO. The molecule has 16 heavy (non-hydrogen) atoms. The molecule has 0 fully saturated rings. The van der Waals surface area contributed by atoms with Gasteiger partial charge in [0.15, 0.2) is 0 Å². The van der Waals surface area contributed by atoms with Crippen LogP contribution in [0.15, 0.2) is 24.3 Å². The Morgan fingerprint density at radius 2 is 1.75 bits per heavy atom. The van der Waals surface area contributed by atoms with E-state index in [1.807, 2.05) is 52.0 Å². The van der Waals surface area contributed by atoms with Crippen molar-refractivity contribution < 1.29 is 4.74 Å². The molecule has 2 heteroatoms. The van der Waals surface area contributed by atoms with Gasteiger partial charge in [-0.3, -0.25) is 0 Å². The van der Waals surface area contributed by atoms with Gasteiger partial charge < -0.3 is 10.5 Å². The number of benzene rings is 1. The zero-order valence-electron chi connectivity index (χ0n) is 10.4. The van der Waals surface area contributed by atoms with E-state index < -0.39 is 5.54 Å². The maximum Gasteiger partial charge on any atom is 0.119 e. The van der Waals surface area contributed by atoms with Crippen LogP contribution in [0.5, 0.6) is 5.75 Å². The van der Waals surface area contributed by atoms with Crippen LogP contribution in [0.4, 0.5) is 0 Å². The quantitative estimate of drug-likeness (QED) is 0.773. The highest BCUT2D eigenvalue weighted by molar-refractivity contribution is 5.39. The van der Waals surface area contributed by atoms with Crippen molar-refractivity contribution in [2.75, 3.05) is 0 Å². The smallest absolute Gasteiger partial charge is 0.119 e. The van der Waals surface area contributed by atoms with Gasteiger partial charge in [-0.15, -0.1) is 0 Å². The molecule has 0 aliphatic heterocycles. The third-order valence-electron chi connectivity index (χ3n) is 1.76. The monoisotopic (exact) mass is 217 g/mol. The molecule has 1 aromatic rings. The lowest BCUT2D eigenvalue weighted by Gasteiger charge is -2.09. The van der Waals surface area contributed by atoms with Gasteiger partial charge in [-0.25, -0.2) is 0 Å². The Labute approximate surface area is 97.8 Å². The van der Waals surface area contributed by atoms with Crippen LogP contribution < -0.4 is 10.5 Å². The molecule has 0 bridgehead atoms. The van der Waals surface area contributed by atoms with Crippen molar-refractivity contribution in [2.24, 2.45) is 5.73 Å². The van der Waals surface area contributed by atoms with Crippen molar-refractivity contribution in [3.63, 3.8) is 0 Å². The third kappa shape index (κ3) is 4.86. The highest BCUT2D eigenvalue weighted by Crippen LogP contribution is 2.13. The average Bonchev–Trinajstić information content (AvgIpc) is 2.14. The Balaban J connectivity index is 2.75. The Morgan fingerprint density at radius 1 is 1.19 bits per heavy atom. The normalized spacial score (nSPS) is 10.9. The maximum absolute atomic E-state index is 5.78. The third-order valence-corrected chi connectivity index (χ3v) is 1.76. The number of rotatable bonds is 2. The van der Waals surface area contributed by atoms with E-state index in [9.17, 15) is 0 Å². The topological polar surface area (TPSA) is 35.2 Å². The first kappa shape index (κ1) is 12.6. The van der Waals surface area contributed by atoms with Crippen LogP contribution in [0.25, 0.3) is 0 Å². The molecular weight excluding hydrogens is 198 g/mol. The molecule has 0 unspecified atom stereocenters. The van der Waals surface area contributed by atoms with E-state index in [1.54, 1.807) is 0 Å². The fraction of sp³-hybridized carbons (Fsp3) is 0.429. The van der Waals surface area contributed by atoms with Crippen LogP contribution in [0, 0.1) is 11.8 Å². The average molecular weight is 217 g/mol. The fourth-order valence-corrected chi connectivity index (χ4v) is 1.12. The lowest BCUT2D eigenvalue weighted by Crippen LogP contribution is -2.29. The predicted octanol–water partition coefficient (Wildman–Crippen LogP) is 2.56. The fourth-order valence-electron chi connectivity index (χ4n) is 1.12. The summed E-state index contributed by atoms with van der Waals surface area (Å²) < 4.78 is 5.54. The van der Waals surface area contributed by atoms with E-state index in [2.05, 4.69) is 11.8 Å². The highest BCUT2D eigenvalue weighted by Gasteiger charge is 2.03. The van der Waals surface area contributed by atoms with E-state index in [-0.39, 0.29) is 6.10 Å². The Kier molecular flexibility index (Phi) is 3.98. The van der Waals surface area contributed by atoms with E-state index in [0.717, 1.165) is 11.3 Å². The summed E-state index contributed by atoms with van der Waals surface area (Å²) in [5.74, 6) is 6.89. The second kappa shape index (κ2) is 5.05. The van der Waals surface area contributed by atoms with Crippen LogP contribution in [-0.2, 0) is 0 Å². The van der Waals surface area contributed by atoms with Crippen LogP contribution in [0.3, 0.4) is 0 Å². The van der Waals surface area contributed by atoms with Gasteiger partial charge in [0.25, 0.3) is 0 Å². The lowest BCUT2D eigenvalue weighted by atomic mass is 10.1. The van der Waals surface area contributed by atoms with Gasteiger partial charge in [-0.1, -0.05) is 11.8 Å². The first-order valence-corrected chi connectivity index (χ1v) is 5.45. The second-order valence-electron chi connectivity index (χ2n) is 4.66. The summed E-state index contributed by atoms with van der Waals surface area (Å²) in [7, 11) is 0. The van der Waals surface area contributed by atoms with E-state index in [1.165, 1.54) is 0 Å². The summed E-state index contributed by atoms with van der Waals surface area (Å²) in [5, 5.41) is 0. The summed E-state index contributed by atoms with van der Waals surface area (Å²) in [6.07, 6.45) is 0.194. The zero-order valence-corrected chi connectivity index (χ0v) is 10.4. The molecule has 0 heterocycles. The number of hydrogen-bond acceptors (Lipinski definition) is 2. The first-order valence-electron chi connectivity index (χ1n) is 5.45. The molecule has 0 amide bonds. The highest BCUT2D eigenvalue weighted by atomic mass is 16.5. The molecule has 0 radical (unpaired) electrons. The summed E-state index contributed by atoms with van der Waals surface area (Å²) in [6.45, 7) is 7.78. The Hall–Kier alpha value is -1.46. The van der Waals surface area contributed by atoms with E-state index in [0.29, 0.717) is 0 Å². The standard InChI is InChI=1S/C14H19NO/c1-11(2)16-13-7-5-12(6-8-13)9-10-14(3,4)15/h5-8,11H,15H2,1-4H3. The summed E-state index contributed by atoms with van der Waals surface area (Å²) in [5.41, 5.74) is 6.28.